The summed E-state index contributed by atoms with van der Waals surface area (Å²) >= 11 is 4.75. The molecular weight excluding hydrogens is 264 g/mol. The van der Waals surface area contributed by atoms with E-state index in [2.05, 4.69) is 15.6 Å². The van der Waals surface area contributed by atoms with Gasteiger partial charge in [-0.1, -0.05) is 12.1 Å². The Hall–Kier alpha value is -2.28. The fraction of sp³-hybridized carbons (Fsp3) is 0.167. The van der Waals surface area contributed by atoms with Crippen LogP contribution in [0.2, 0.25) is 0 Å². The van der Waals surface area contributed by atoms with Crippen molar-refractivity contribution < 1.29 is 9.59 Å². The molecule has 0 aliphatic carbocycles. The molecule has 19 heavy (non-hydrogen) atoms. The van der Waals surface area contributed by atoms with Crippen molar-refractivity contribution in [1.29, 1.82) is 0 Å². The Morgan fingerprint density at radius 2 is 1.89 bits per heavy atom. The first kappa shape index (κ1) is 11.8. The maximum Gasteiger partial charge on any atom is 0.240 e. The van der Waals surface area contributed by atoms with Gasteiger partial charge < -0.3 is 15.2 Å². The largest absolute Gasteiger partial charge is 0.329 e. The Kier molecular flexibility index (Phi) is 2.75. The van der Waals surface area contributed by atoms with Crippen molar-refractivity contribution in [2.24, 2.45) is 5.92 Å². The van der Waals surface area contributed by atoms with E-state index >= 15 is 0 Å². The Bertz CT molecular complexity index is 674. The molecular formula is C12H10N4O2S. The van der Waals surface area contributed by atoms with Crippen LogP contribution in [-0.2, 0) is 16.1 Å². The second-order valence-corrected chi connectivity index (χ2v) is 4.65. The molecule has 0 radical (unpaired) electrons. The minimum atomic E-state index is -0.802. The van der Waals surface area contributed by atoms with Gasteiger partial charge in [0.1, 0.15) is 5.92 Å². The van der Waals surface area contributed by atoms with Crippen LogP contribution in [0.25, 0.3) is 11.0 Å². The minimum Gasteiger partial charge on any atom is -0.329 e. The summed E-state index contributed by atoms with van der Waals surface area (Å²) in [6.45, 7) is 0.237. The van der Waals surface area contributed by atoms with E-state index in [1.54, 1.807) is 10.9 Å². The number of amides is 2. The van der Waals surface area contributed by atoms with E-state index in [4.69, 9.17) is 12.2 Å². The number of rotatable bonds is 2. The molecule has 0 atom stereocenters. The predicted molar refractivity (Wildman–Crippen MR) is 72.1 cm³/mol. The summed E-state index contributed by atoms with van der Waals surface area (Å²) in [5.74, 6) is -1.57. The molecule has 2 N–H and O–H groups in total. The summed E-state index contributed by atoms with van der Waals surface area (Å²) in [6, 6.07) is 7.54. The van der Waals surface area contributed by atoms with Crippen LogP contribution < -0.4 is 10.6 Å². The number of imidazole rings is 1. The molecule has 1 aromatic carbocycles. The van der Waals surface area contributed by atoms with Crippen molar-refractivity contribution >= 4 is 40.2 Å². The molecule has 2 amide bonds. The summed E-state index contributed by atoms with van der Waals surface area (Å²) in [6.07, 6.45) is 1.62. The number of nitrogens with one attached hydrogen (secondary N) is 2. The summed E-state index contributed by atoms with van der Waals surface area (Å²) in [5.41, 5.74) is 1.71. The van der Waals surface area contributed by atoms with E-state index in [-0.39, 0.29) is 23.5 Å². The molecule has 1 aliphatic rings. The number of hydrogen-bond acceptors (Lipinski definition) is 4. The highest BCUT2D eigenvalue weighted by molar-refractivity contribution is 7.80. The van der Waals surface area contributed by atoms with E-state index in [0.29, 0.717) is 0 Å². The smallest absolute Gasteiger partial charge is 0.240 e. The molecule has 7 heteroatoms. The second-order valence-electron chi connectivity index (χ2n) is 4.25. The molecule has 0 unspecified atom stereocenters. The molecule has 0 spiro atoms. The van der Waals surface area contributed by atoms with Gasteiger partial charge in [0.2, 0.25) is 11.8 Å². The second kappa shape index (κ2) is 4.43. The molecule has 3 rings (SSSR count). The highest BCUT2D eigenvalue weighted by Gasteiger charge is 2.32. The zero-order valence-electron chi connectivity index (χ0n) is 9.79. The average molecular weight is 274 g/mol. The summed E-state index contributed by atoms with van der Waals surface area (Å²) in [7, 11) is 0. The van der Waals surface area contributed by atoms with Crippen molar-refractivity contribution in [1.82, 2.24) is 20.2 Å². The van der Waals surface area contributed by atoms with Crippen LogP contribution in [-0.4, -0.2) is 26.5 Å². The van der Waals surface area contributed by atoms with E-state index < -0.39 is 5.92 Å². The Morgan fingerprint density at radius 1 is 1.21 bits per heavy atom. The number of aromatic nitrogens is 2. The topological polar surface area (TPSA) is 76.0 Å². The predicted octanol–water partition coefficient (Wildman–Crippen LogP) is 0.183. The molecule has 1 aliphatic heterocycles. The number of thiocarbonyl (C=S) groups is 1. The highest BCUT2D eigenvalue weighted by Crippen LogP contribution is 2.15. The van der Waals surface area contributed by atoms with Gasteiger partial charge in [-0.05, 0) is 24.4 Å². The lowest BCUT2D eigenvalue weighted by molar-refractivity contribution is -0.135. The highest BCUT2D eigenvalue weighted by atomic mass is 32.1. The lowest BCUT2D eigenvalue weighted by Crippen LogP contribution is -2.56. The first-order chi connectivity index (χ1) is 9.15. The van der Waals surface area contributed by atoms with Crippen molar-refractivity contribution in [3.63, 3.8) is 0 Å². The maximum atomic E-state index is 11.8. The fourth-order valence-corrected chi connectivity index (χ4v) is 2.27. The van der Waals surface area contributed by atoms with E-state index in [9.17, 15) is 9.59 Å². The van der Waals surface area contributed by atoms with E-state index in [0.717, 1.165) is 11.0 Å². The summed E-state index contributed by atoms with van der Waals surface area (Å²) < 4.78 is 1.79. The van der Waals surface area contributed by atoms with Gasteiger partial charge in [-0.15, -0.1) is 0 Å². The van der Waals surface area contributed by atoms with Crippen LogP contribution in [0.1, 0.15) is 0 Å². The number of carbonyl (C=O) groups is 2. The molecule has 6 nitrogen and oxygen atoms in total. The number of para-hydroxylation sites is 2. The first-order valence-corrected chi connectivity index (χ1v) is 6.11. The Labute approximate surface area is 113 Å². The van der Waals surface area contributed by atoms with Gasteiger partial charge in [-0.2, -0.15) is 0 Å². The third kappa shape index (κ3) is 2.08. The van der Waals surface area contributed by atoms with Gasteiger partial charge in [0.25, 0.3) is 0 Å². The zero-order valence-corrected chi connectivity index (χ0v) is 10.6. The van der Waals surface area contributed by atoms with Crippen molar-refractivity contribution in [3.8, 4) is 0 Å². The summed E-state index contributed by atoms with van der Waals surface area (Å²) in [4.78, 5) is 27.8. The quantitative estimate of drug-likeness (QED) is 0.605. The Morgan fingerprint density at radius 3 is 2.63 bits per heavy atom. The summed E-state index contributed by atoms with van der Waals surface area (Å²) in [5, 5.41) is 4.95. The molecule has 1 aromatic heterocycles. The number of fused-ring (bicyclic) bond motifs is 1. The number of nitrogens with zero attached hydrogens (tertiary/aromatic N) is 2. The van der Waals surface area contributed by atoms with Crippen LogP contribution in [0.5, 0.6) is 0 Å². The van der Waals surface area contributed by atoms with Gasteiger partial charge in [0.05, 0.1) is 17.4 Å². The van der Waals surface area contributed by atoms with Gasteiger partial charge in [0, 0.05) is 6.54 Å². The monoisotopic (exact) mass is 274 g/mol. The lowest BCUT2D eigenvalue weighted by Gasteiger charge is -2.22. The third-order valence-corrected chi connectivity index (χ3v) is 3.22. The molecule has 0 saturated carbocycles. The van der Waals surface area contributed by atoms with Crippen LogP contribution >= 0.6 is 12.2 Å². The number of carbonyl (C=O) groups excluding carboxylic acids is 2. The van der Waals surface area contributed by atoms with Crippen LogP contribution in [0.4, 0.5) is 0 Å². The molecule has 1 saturated heterocycles. The minimum absolute atomic E-state index is 0.0572. The van der Waals surface area contributed by atoms with Gasteiger partial charge in [-0.3, -0.25) is 9.59 Å². The molecule has 2 aromatic rings. The standard InChI is InChI=1S/C12H10N4O2S/c17-10-7(11(18)15-12(19)14-10)5-16-6-13-8-3-1-2-4-9(8)16/h1-4,6-7H,5H2,(H2,14,15,17,18,19). The van der Waals surface area contributed by atoms with Crippen molar-refractivity contribution in [3.05, 3.63) is 30.6 Å². The molecule has 96 valence electrons. The van der Waals surface area contributed by atoms with Crippen molar-refractivity contribution in [2.75, 3.05) is 0 Å². The SMILES string of the molecule is O=C1NC(=S)NC(=O)C1Cn1cnc2ccccc21. The van der Waals surface area contributed by atoms with E-state index in [1.165, 1.54) is 0 Å². The Balaban J connectivity index is 1.90. The van der Waals surface area contributed by atoms with Crippen LogP contribution in [0.15, 0.2) is 30.6 Å². The van der Waals surface area contributed by atoms with Crippen LogP contribution in [0, 0.1) is 5.92 Å². The van der Waals surface area contributed by atoms with Crippen molar-refractivity contribution in [2.45, 2.75) is 6.54 Å². The molecule has 0 bridgehead atoms. The van der Waals surface area contributed by atoms with Crippen LogP contribution in [0.3, 0.4) is 0 Å². The normalized spacial score (nSPS) is 16.5. The maximum absolute atomic E-state index is 11.8. The van der Waals surface area contributed by atoms with E-state index in [1.807, 2.05) is 24.3 Å². The van der Waals surface area contributed by atoms with Gasteiger partial charge in [-0.25, -0.2) is 4.98 Å². The fourth-order valence-electron chi connectivity index (χ4n) is 2.07. The number of hydrogen-bond donors (Lipinski definition) is 2. The first-order valence-electron chi connectivity index (χ1n) is 5.71. The average Bonchev–Trinajstić information content (AvgIpc) is 2.77. The van der Waals surface area contributed by atoms with Gasteiger partial charge in [0.15, 0.2) is 5.11 Å². The number of benzene rings is 1. The molecule has 2 heterocycles. The molecule has 1 fully saturated rings. The third-order valence-electron chi connectivity index (χ3n) is 3.01. The zero-order chi connectivity index (χ0) is 13.4. The van der Waals surface area contributed by atoms with Gasteiger partial charge >= 0.3 is 0 Å². The lowest BCUT2D eigenvalue weighted by atomic mass is 10.1.